The highest BCUT2D eigenvalue weighted by atomic mass is 79.9. The lowest BCUT2D eigenvalue weighted by atomic mass is 10.1. The molecule has 0 saturated heterocycles. The zero-order valence-electron chi connectivity index (χ0n) is 14.0. The number of thioether (sulfide) groups is 1. The first kappa shape index (κ1) is 17.0. The molecule has 128 valence electrons. The quantitative estimate of drug-likeness (QED) is 0.413. The van der Waals surface area contributed by atoms with Gasteiger partial charge in [0, 0.05) is 38.4 Å². The summed E-state index contributed by atoms with van der Waals surface area (Å²) in [5.74, 6) is 0.539. The molecule has 0 bridgehead atoms. The molecule has 6 heteroatoms. The highest BCUT2D eigenvalue weighted by Gasteiger charge is 2.07. The number of hydrogen-bond acceptors (Lipinski definition) is 5. The van der Waals surface area contributed by atoms with Crippen molar-refractivity contribution in [3.05, 3.63) is 71.5 Å². The van der Waals surface area contributed by atoms with Crippen LogP contribution in [0.4, 0.5) is 11.6 Å². The second kappa shape index (κ2) is 7.43. The zero-order valence-corrected chi connectivity index (χ0v) is 16.4. The Morgan fingerprint density at radius 2 is 1.85 bits per heavy atom. The molecule has 2 heterocycles. The summed E-state index contributed by atoms with van der Waals surface area (Å²) in [6.45, 7) is 0. The minimum absolute atomic E-state index is 0.539. The normalized spacial score (nSPS) is 10.8. The number of aromatic nitrogens is 3. The number of nitrogens with zero attached hydrogens (tertiary/aromatic N) is 3. The van der Waals surface area contributed by atoms with E-state index in [1.165, 1.54) is 4.90 Å². The predicted octanol–water partition coefficient (Wildman–Crippen LogP) is 5.92. The van der Waals surface area contributed by atoms with Crippen LogP contribution in [0.2, 0.25) is 0 Å². The molecule has 0 spiro atoms. The highest BCUT2D eigenvalue weighted by molar-refractivity contribution is 9.10. The molecule has 4 rings (SSSR count). The average molecular weight is 423 g/mol. The lowest BCUT2D eigenvalue weighted by Gasteiger charge is -2.08. The number of benzene rings is 2. The van der Waals surface area contributed by atoms with Gasteiger partial charge in [-0.2, -0.15) is 4.98 Å². The maximum atomic E-state index is 4.53. The SMILES string of the molecule is CSc1cccc(Nc2ncc3cc(-c4ccccc4Br)cnc3n2)c1. The summed E-state index contributed by atoms with van der Waals surface area (Å²) in [6.07, 6.45) is 5.70. The van der Waals surface area contributed by atoms with Crippen molar-refractivity contribution in [1.82, 2.24) is 15.0 Å². The van der Waals surface area contributed by atoms with Gasteiger partial charge in [0.05, 0.1) is 0 Å². The van der Waals surface area contributed by atoms with E-state index in [4.69, 9.17) is 0 Å². The molecule has 1 N–H and O–H groups in total. The molecule has 26 heavy (non-hydrogen) atoms. The van der Waals surface area contributed by atoms with E-state index >= 15 is 0 Å². The maximum Gasteiger partial charge on any atom is 0.229 e. The number of pyridine rings is 1. The van der Waals surface area contributed by atoms with Gasteiger partial charge >= 0.3 is 0 Å². The summed E-state index contributed by atoms with van der Waals surface area (Å²) in [6, 6.07) is 18.3. The summed E-state index contributed by atoms with van der Waals surface area (Å²) in [4.78, 5) is 14.7. The van der Waals surface area contributed by atoms with Crippen LogP contribution in [-0.2, 0) is 0 Å². The number of rotatable bonds is 4. The van der Waals surface area contributed by atoms with Crippen LogP contribution in [-0.4, -0.2) is 21.2 Å². The standard InChI is InChI=1S/C20H15BrN4S/c1-26-16-6-4-5-15(10-16)24-20-23-12-14-9-13(11-22-19(14)25-20)17-7-2-3-8-18(17)21/h2-12H,1H3,(H,22,23,24,25). The topological polar surface area (TPSA) is 50.7 Å². The van der Waals surface area contributed by atoms with E-state index in [1.807, 2.05) is 36.5 Å². The lowest BCUT2D eigenvalue weighted by Crippen LogP contribution is -1.98. The molecule has 0 fully saturated rings. The minimum atomic E-state index is 0.539. The van der Waals surface area contributed by atoms with Crippen LogP contribution < -0.4 is 5.32 Å². The Morgan fingerprint density at radius 3 is 2.69 bits per heavy atom. The Kier molecular flexibility index (Phi) is 4.86. The molecule has 0 amide bonds. The molecule has 0 aliphatic heterocycles. The van der Waals surface area contributed by atoms with Crippen molar-refractivity contribution in [3.63, 3.8) is 0 Å². The van der Waals surface area contributed by atoms with Gasteiger partial charge < -0.3 is 5.32 Å². The van der Waals surface area contributed by atoms with E-state index in [0.717, 1.165) is 26.7 Å². The maximum absolute atomic E-state index is 4.53. The fourth-order valence-corrected chi connectivity index (χ4v) is 3.63. The van der Waals surface area contributed by atoms with Crippen LogP contribution in [0.1, 0.15) is 0 Å². The van der Waals surface area contributed by atoms with E-state index in [-0.39, 0.29) is 0 Å². The molecule has 2 aromatic carbocycles. The van der Waals surface area contributed by atoms with Crippen LogP contribution in [0, 0.1) is 0 Å². The fourth-order valence-electron chi connectivity index (χ4n) is 2.66. The third-order valence-corrected chi connectivity index (χ3v) is 5.36. The second-order valence-electron chi connectivity index (χ2n) is 5.67. The van der Waals surface area contributed by atoms with Crippen LogP contribution >= 0.6 is 27.7 Å². The van der Waals surface area contributed by atoms with Crippen molar-refractivity contribution in [2.24, 2.45) is 0 Å². The van der Waals surface area contributed by atoms with Gasteiger partial charge in [-0.05, 0) is 42.2 Å². The Bertz CT molecular complexity index is 1080. The molecule has 4 nitrogen and oxygen atoms in total. The highest BCUT2D eigenvalue weighted by Crippen LogP contribution is 2.29. The molecular weight excluding hydrogens is 408 g/mol. The summed E-state index contributed by atoms with van der Waals surface area (Å²) in [5, 5.41) is 4.15. The summed E-state index contributed by atoms with van der Waals surface area (Å²) in [5.41, 5.74) is 3.75. The first-order chi connectivity index (χ1) is 12.7. The van der Waals surface area contributed by atoms with Gasteiger partial charge in [0.2, 0.25) is 5.95 Å². The number of anilines is 2. The van der Waals surface area contributed by atoms with Crippen LogP contribution in [0.15, 0.2) is 76.4 Å². The molecule has 0 atom stereocenters. The largest absolute Gasteiger partial charge is 0.324 e. The van der Waals surface area contributed by atoms with Crippen molar-refractivity contribution in [2.45, 2.75) is 4.90 Å². The van der Waals surface area contributed by atoms with Gasteiger partial charge in [-0.25, -0.2) is 9.97 Å². The zero-order chi connectivity index (χ0) is 17.9. The Labute approximate surface area is 164 Å². The molecule has 2 aromatic heterocycles. The van der Waals surface area contributed by atoms with Crippen molar-refractivity contribution >= 4 is 50.4 Å². The molecular formula is C20H15BrN4S. The first-order valence-electron chi connectivity index (χ1n) is 8.02. The van der Waals surface area contributed by atoms with E-state index in [1.54, 1.807) is 18.0 Å². The van der Waals surface area contributed by atoms with E-state index in [2.05, 4.69) is 66.7 Å². The fraction of sp³-hybridized carbons (Fsp3) is 0.0500. The molecule has 0 unspecified atom stereocenters. The molecule has 0 aliphatic rings. The predicted molar refractivity (Wildman–Crippen MR) is 112 cm³/mol. The number of halogens is 1. The van der Waals surface area contributed by atoms with Gasteiger partial charge in [0.15, 0.2) is 5.65 Å². The number of fused-ring (bicyclic) bond motifs is 1. The van der Waals surface area contributed by atoms with Crippen LogP contribution in [0.3, 0.4) is 0 Å². The second-order valence-corrected chi connectivity index (χ2v) is 7.40. The molecule has 0 aliphatic carbocycles. The molecule has 4 aromatic rings. The minimum Gasteiger partial charge on any atom is -0.324 e. The molecule has 0 saturated carbocycles. The third-order valence-electron chi connectivity index (χ3n) is 3.94. The summed E-state index contributed by atoms with van der Waals surface area (Å²) in [7, 11) is 0. The smallest absolute Gasteiger partial charge is 0.229 e. The first-order valence-corrected chi connectivity index (χ1v) is 10.0. The van der Waals surface area contributed by atoms with Gasteiger partial charge in [-0.3, -0.25) is 0 Å². The van der Waals surface area contributed by atoms with E-state index in [9.17, 15) is 0 Å². The monoisotopic (exact) mass is 422 g/mol. The van der Waals surface area contributed by atoms with Gasteiger partial charge in [0.25, 0.3) is 0 Å². The van der Waals surface area contributed by atoms with Crippen LogP contribution in [0.5, 0.6) is 0 Å². The van der Waals surface area contributed by atoms with Gasteiger partial charge in [-0.15, -0.1) is 11.8 Å². The van der Waals surface area contributed by atoms with E-state index in [0.29, 0.717) is 11.6 Å². The number of nitrogens with one attached hydrogen (secondary N) is 1. The Balaban J connectivity index is 1.66. The Hall–Kier alpha value is -2.44. The summed E-state index contributed by atoms with van der Waals surface area (Å²) < 4.78 is 1.04. The Morgan fingerprint density at radius 1 is 0.962 bits per heavy atom. The van der Waals surface area contributed by atoms with Crippen molar-refractivity contribution < 1.29 is 0 Å². The van der Waals surface area contributed by atoms with Crippen molar-refractivity contribution in [2.75, 3.05) is 11.6 Å². The third kappa shape index (κ3) is 3.57. The summed E-state index contributed by atoms with van der Waals surface area (Å²) >= 11 is 5.29. The number of hydrogen-bond donors (Lipinski definition) is 1. The lowest BCUT2D eigenvalue weighted by molar-refractivity contribution is 1.18. The van der Waals surface area contributed by atoms with E-state index < -0.39 is 0 Å². The van der Waals surface area contributed by atoms with Gasteiger partial charge in [0.1, 0.15) is 0 Å². The van der Waals surface area contributed by atoms with Crippen molar-refractivity contribution in [3.8, 4) is 11.1 Å². The average Bonchev–Trinajstić information content (AvgIpc) is 2.68. The van der Waals surface area contributed by atoms with Gasteiger partial charge in [-0.1, -0.05) is 40.2 Å². The van der Waals surface area contributed by atoms with Crippen molar-refractivity contribution in [1.29, 1.82) is 0 Å². The molecule has 0 radical (unpaired) electrons. The van der Waals surface area contributed by atoms with Crippen LogP contribution in [0.25, 0.3) is 22.2 Å².